The van der Waals surface area contributed by atoms with Gasteiger partial charge in [-0.3, -0.25) is 9.59 Å². The number of likely N-dealkylation sites (N-methyl/N-ethyl adjacent to an activating group) is 1. The maximum Gasteiger partial charge on any atom is 0.235 e. The first kappa shape index (κ1) is 22.6. The van der Waals surface area contributed by atoms with Gasteiger partial charge in [-0.1, -0.05) is 27.7 Å². The second-order valence-electron chi connectivity index (χ2n) is 3.72. The van der Waals surface area contributed by atoms with Crippen LogP contribution >= 0.6 is 11.8 Å². The largest absolute Gasteiger partial charge is 0.368 e. The molecule has 0 aliphatic heterocycles. The number of rotatable bonds is 6. The number of nitrogens with two attached hydrogens (primary N) is 1. The van der Waals surface area contributed by atoms with Gasteiger partial charge in [0.15, 0.2) is 0 Å². The van der Waals surface area contributed by atoms with E-state index in [4.69, 9.17) is 5.73 Å². The van der Waals surface area contributed by atoms with E-state index in [0.717, 1.165) is 0 Å². The zero-order valence-corrected chi connectivity index (χ0v) is 13.9. The van der Waals surface area contributed by atoms with Crippen molar-refractivity contribution in [2.45, 2.75) is 59.3 Å². The number of Topliss-reactive ketones (excluding diaryl/α,β-unsaturated/α-hetero) is 1. The molecule has 0 fully saturated rings. The fraction of sp³-hybridized carbons (Fsp3) is 0.846. The number of amides is 1. The van der Waals surface area contributed by atoms with E-state index in [1.165, 1.54) is 18.7 Å². The third kappa shape index (κ3) is 10.6. The molecule has 0 radical (unpaired) electrons. The summed E-state index contributed by atoms with van der Waals surface area (Å²) in [5.74, 6) is 0.106. The molecule has 18 heavy (non-hydrogen) atoms. The van der Waals surface area contributed by atoms with Crippen molar-refractivity contribution in [2.75, 3.05) is 12.8 Å². The van der Waals surface area contributed by atoms with Crippen LogP contribution in [0, 0.1) is 0 Å². The minimum atomic E-state index is -0.424. The van der Waals surface area contributed by atoms with Gasteiger partial charge in [0, 0.05) is 4.75 Å². The molecule has 4 nitrogen and oxygen atoms in total. The number of hydrogen-bond acceptors (Lipinski definition) is 4. The van der Waals surface area contributed by atoms with Gasteiger partial charge in [0.05, 0.1) is 5.75 Å². The average molecular weight is 278 g/mol. The van der Waals surface area contributed by atoms with Crippen molar-refractivity contribution < 1.29 is 9.59 Å². The van der Waals surface area contributed by atoms with Crippen LogP contribution in [0.25, 0.3) is 0 Å². The fourth-order valence-electron chi connectivity index (χ4n) is 1.20. The predicted octanol–water partition coefficient (Wildman–Crippen LogP) is 2.21. The van der Waals surface area contributed by atoms with Crippen LogP contribution in [0.1, 0.15) is 48.5 Å². The number of primary amides is 1. The molecule has 1 unspecified atom stereocenters. The lowest BCUT2D eigenvalue weighted by Gasteiger charge is -2.30. The predicted molar refractivity (Wildman–Crippen MR) is 82.0 cm³/mol. The number of carbonyl (C=O) groups is 2. The fourth-order valence-corrected chi connectivity index (χ4v) is 2.18. The van der Waals surface area contributed by atoms with Crippen LogP contribution in [-0.4, -0.2) is 35.3 Å². The van der Waals surface area contributed by atoms with Crippen molar-refractivity contribution in [2.24, 2.45) is 5.73 Å². The summed E-state index contributed by atoms with van der Waals surface area (Å²) in [6.07, 6.45) is 0. The molecule has 5 heteroatoms. The van der Waals surface area contributed by atoms with E-state index >= 15 is 0 Å². The molecule has 0 aromatic heterocycles. The Labute approximate surface area is 116 Å². The standard InChI is InChI=1S/C9H18N2O2S.2C2H6/c1-6(12)5-14-9(2,3)7(11-4)8(10)13;2*1-2/h7,11H,5H2,1-4H3,(H2,10,13);2*1-2H3. The van der Waals surface area contributed by atoms with Gasteiger partial charge in [-0.2, -0.15) is 0 Å². The Morgan fingerprint density at radius 1 is 1.22 bits per heavy atom. The zero-order valence-electron chi connectivity index (χ0n) is 13.1. The van der Waals surface area contributed by atoms with Crippen molar-refractivity contribution in [3.8, 4) is 0 Å². The van der Waals surface area contributed by atoms with E-state index < -0.39 is 11.9 Å². The summed E-state index contributed by atoms with van der Waals surface area (Å²) in [7, 11) is 1.69. The molecule has 0 aliphatic rings. The van der Waals surface area contributed by atoms with E-state index in [2.05, 4.69) is 5.32 Å². The summed E-state index contributed by atoms with van der Waals surface area (Å²) in [4.78, 5) is 21.9. The molecule has 110 valence electrons. The van der Waals surface area contributed by atoms with Crippen molar-refractivity contribution in [3.63, 3.8) is 0 Å². The summed E-state index contributed by atoms with van der Waals surface area (Å²) in [6, 6.07) is -0.424. The Kier molecular flexibility index (Phi) is 16.2. The van der Waals surface area contributed by atoms with Crippen LogP contribution in [0.5, 0.6) is 0 Å². The van der Waals surface area contributed by atoms with Gasteiger partial charge in [0.2, 0.25) is 5.91 Å². The molecule has 0 saturated carbocycles. The van der Waals surface area contributed by atoms with E-state index in [-0.39, 0.29) is 10.5 Å². The number of ketones is 1. The summed E-state index contributed by atoms with van der Waals surface area (Å²) in [6.45, 7) is 13.3. The first-order valence-corrected chi connectivity index (χ1v) is 7.39. The van der Waals surface area contributed by atoms with Crippen molar-refractivity contribution in [3.05, 3.63) is 0 Å². The van der Waals surface area contributed by atoms with Crippen molar-refractivity contribution in [1.82, 2.24) is 5.32 Å². The quantitative estimate of drug-likeness (QED) is 0.781. The van der Waals surface area contributed by atoms with Gasteiger partial charge >= 0.3 is 0 Å². The third-order valence-electron chi connectivity index (χ3n) is 1.92. The number of hydrogen-bond donors (Lipinski definition) is 2. The monoisotopic (exact) mass is 278 g/mol. The highest BCUT2D eigenvalue weighted by molar-refractivity contribution is 8.01. The third-order valence-corrected chi connectivity index (χ3v) is 3.45. The number of carbonyl (C=O) groups excluding carboxylic acids is 2. The first-order valence-electron chi connectivity index (χ1n) is 6.41. The van der Waals surface area contributed by atoms with E-state index in [0.29, 0.717) is 5.75 Å². The average Bonchev–Trinajstić information content (AvgIpc) is 2.32. The Bertz CT molecular complexity index is 231. The van der Waals surface area contributed by atoms with Gasteiger partial charge in [-0.15, -0.1) is 11.8 Å². The molecule has 1 atom stereocenters. The van der Waals surface area contributed by atoms with E-state index in [1.54, 1.807) is 7.05 Å². The van der Waals surface area contributed by atoms with Gasteiger partial charge in [0.1, 0.15) is 11.8 Å². The summed E-state index contributed by atoms with van der Waals surface area (Å²) < 4.78 is -0.369. The lowest BCUT2D eigenvalue weighted by atomic mass is 10.0. The van der Waals surface area contributed by atoms with Crippen LogP contribution in [0.2, 0.25) is 0 Å². The van der Waals surface area contributed by atoms with E-state index in [9.17, 15) is 9.59 Å². The smallest absolute Gasteiger partial charge is 0.235 e. The van der Waals surface area contributed by atoms with Gasteiger partial charge in [0.25, 0.3) is 0 Å². The Morgan fingerprint density at radius 3 is 1.83 bits per heavy atom. The molecular weight excluding hydrogens is 248 g/mol. The molecule has 0 aromatic carbocycles. The van der Waals surface area contributed by atoms with Crippen LogP contribution in [0.15, 0.2) is 0 Å². The second-order valence-corrected chi connectivity index (χ2v) is 5.35. The van der Waals surface area contributed by atoms with Crippen LogP contribution in [-0.2, 0) is 9.59 Å². The molecule has 0 heterocycles. The molecule has 0 aliphatic carbocycles. The molecule has 3 N–H and O–H groups in total. The number of thioether (sulfide) groups is 1. The first-order chi connectivity index (χ1) is 8.31. The summed E-state index contributed by atoms with van der Waals surface area (Å²) in [5.41, 5.74) is 5.24. The van der Waals surface area contributed by atoms with Crippen LogP contribution in [0.3, 0.4) is 0 Å². The molecule has 0 rings (SSSR count). The minimum Gasteiger partial charge on any atom is -0.368 e. The Balaban J connectivity index is -0.000000506. The molecular formula is C13H30N2O2S. The van der Waals surface area contributed by atoms with Crippen LogP contribution in [0.4, 0.5) is 0 Å². The SMILES string of the molecule is CC.CC.CNC(C(N)=O)C(C)(C)SCC(C)=O. The molecule has 0 aromatic rings. The molecule has 0 spiro atoms. The molecule has 0 bridgehead atoms. The van der Waals surface area contributed by atoms with Crippen molar-refractivity contribution >= 4 is 23.5 Å². The summed E-state index contributed by atoms with van der Waals surface area (Å²) in [5, 5.41) is 2.86. The maximum atomic E-state index is 11.1. The number of nitrogens with one attached hydrogen (secondary N) is 1. The van der Waals surface area contributed by atoms with Gasteiger partial charge in [-0.05, 0) is 27.8 Å². The second kappa shape index (κ2) is 12.9. The zero-order chi connectivity index (χ0) is 15.4. The highest BCUT2D eigenvalue weighted by Gasteiger charge is 2.33. The maximum absolute atomic E-state index is 11.1. The lowest BCUT2D eigenvalue weighted by molar-refractivity contribution is -0.120. The highest BCUT2D eigenvalue weighted by atomic mass is 32.2. The molecule has 1 amide bonds. The Morgan fingerprint density at radius 2 is 1.61 bits per heavy atom. The summed E-state index contributed by atoms with van der Waals surface area (Å²) >= 11 is 1.43. The molecule has 0 saturated heterocycles. The Hall–Kier alpha value is -0.550. The minimum absolute atomic E-state index is 0.0994. The lowest BCUT2D eigenvalue weighted by Crippen LogP contribution is -2.52. The van der Waals surface area contributed by atoms with E-state index in [1.807, 2.05) is 41.5 Å². The topological polar surface area (TPSA) is 72.2 Å². The highest BCUT2D eigenvalue weighted by Crippen LogP contribution is 2.27. The van der Waals surface area contributed by atoms with Crippen LogP contribution < -0.4 is 11.1 Å². The van der Waals surface area contributed by atoms with Gasteiger partial charge < -0.3 is 11.1 Å². The van der Waals surface area contributed by atoms with Crippen molar-refractivity contribution in [1.29, 1.82) is 0 Å². The van der Waals surface area contributed by atoms with Gasteiger partial charge in [-0.25, -0.2) is 0 Å². The normalized spacial score (nSPS) is 11.3.